The minimum Gasteiger partial charge on any atom is -0.256 e. The standard InChI is InChI=1S/C8H20Br4N4O3P2/c9-1-5-13-20(17,14-6-2-10)19-21(18,15-7-3-11)16-8-4-12/h1-8H2,(H2,13,14,17)(H2,15,16,18). The lowest BCUT2D eigenvalue weighted by atomic mass is 10.8. The Morgan fingerprint density at radius 1 is 0.619 bits per heavy atom. The van der Waals surface area contributed by atoms with Crippen LogP contribution in [0, 0.1) is 0 Å². The average molecular weight is 602 g/mol. The molecule has 0 aliphatic rings. The van der Waals surface area contributed by atoms with Crippen LogP contribution in [0.2, 0.25) is 0 Å². The molecule has 0 saturated heterocycles. The summed E-state index contributed by atoms with van der Waals surface area (Å²) in [6, 6.07) is 0. The van der Waals surface area contributed by atoms with Crippen molar-refractivity contribution in [1.29, 1.82) is 0 Å². The van der Waals surface area contributed by atoms with Crippen molar-refractivity contribution in [2.24, 2.45) is 0 Å². The average Bonchev–Trinajstić information content (AvgIpc) is 2.47. The number of hydrogen-bond donors (Lipinski definition) is 4. The molecule has 0 heterocycles. The Bertz CT molecular complexity index is 310. The molecule has 0 fully saturated rings. The second-order valence-electron chi connectivity index (χ2n) is 3.57. The Kier molecular flexibility index (Phi) is 14.9. The van der Waals surface area contributed by atoms with Gasteiger partial charge in [0.2, 0.25) is 0 Å². The van der Waals surface area contributed by atoms with Gasteiger partial charge in [-0.25, -0.2) is 24.7 Å². The van der Waals surface area contributed by atoms with Gasteiger partial charge in [-0.1, -0.05) is 63.7 Å². The van der Waals surface area contributed by atoms with Gasteiger partial charge in [0.05, 0.1) is 0 Å². The van der Waals surface area contributed by atoms with E-state index in [-0.39, 0.29) is 0 Å². The molecule has 21 heavy (non-hydrogen) atoms. The summed E-state index contributed by atoms with van der Waals surface area (Å²) in [6.07, 6.45) is 0. The Morgan fingerprint density at radius 3 is 1.05 bits per heavy atom. The second-order valence-corrected chi connectivity index (χ2v) is 10.9. The molecule has 0 bridgehead atoms. The highest BCUT2D eigenvalue weighted by atomic mass is 79.9. The highest BCUT2D eigenvalue weighted by Crippen LogP contribution is 2.54. The van der Waals surface area contributed by atoms with E-state index in [2.05, 4.69) is 84.1 Å². The largest absolute Gasteiger partial charge is 0.348 e. The van der Waals surface area contributed by atoms with Gasteiger partial charge in [-0.3, -0.25) is 9.13 Å². The minimum absolute atomic E-state index is 0.420. The van der Waals surface area contributed by atoms with Gasteiger partial charge in [-0.05, 0) is 0 Å². The third-order valence-electron chi connectivity index (χ3n) is 1.89. The van der Waals surface area contributed by atoms with Crippen LogP contribution in [0.5, 0.6) is 0 Å². The topological polar surface area (TPSA) is 91.5 Å². The molecule has 0 aromatic carbocycles. The molecule has 0 spiro atoms. The van der Waals surface area contributed by atoms with Crippen LogP contribution < -0.4 is 20.3 Å². The first kappa shape index (κ1) is 23.2. The van der Waals surface area contributed by atoms with Crippen LogP contribution in [-0.4, -0.2) is 47.5 Å². The quantitative estimate of drug-likeness (QED) is 0.180. The van der Waals surface area contributed by atoms with E-state index < -0.39 is 15.3 Å². The van der Waals surface area contributed by atoms with Crippen LogP contribution in [0.15, 0.2) is 0 Å². The summed E-state index contributed by atoms with van der Waals surface area (Å²) in [5, 5.41) is 13.5. The van der Waals surface area contributed by atoms with Crippen LogP contribution in [0.1, 0.15) is 0 Å². The molecule has 0 aliphatic heterocycles. The maximum atomic E-state index is 12.7. The molecule has 7 nitrogen and oxygen atoms in total. The molecular weight excluding hydrogens is 582 g/mol. The van der Waals surface area contributed by atoms with Gasteiger partial charge in [-0.15, -0.1) is 0 Å². The summed E-state index contributed by atoms with van der Waals surface area (Å²) < 4.78 is 30.8. The van der Waals surface area contributed by atoms with Gasteiger partial charge in [0.25, 0.3) is 0 Å². The molecule has 0 rings (SSSR count). The highest BCUT2D eigenvalue weighted by Gasteiger charge is 2.34. The maximum Gasteiger partial charge on any atom is 0.348 e. The Morgan fingerprint density at radius 2 is 0.857 bits per heavy atom. The van der Waals surface area contributed by atoms with Crippen LogP contribution in [0.25, 0.3) is 0 Å². The number of rotatable bonds is 14. The summed E-state index contributed by atoms with van der Waals surface area (Å²) >= 11 is 13.0. The molecule has 0 unspecified atom stereocenters. The third kappa shape index (κ3) is 11.4. The van der Waals surface area contributed by atoms with Crippen molar-refractivity contribution in [2.45, 2.75) is 0 Å². The van der Waals surface area contributed by atoms with Crippen LogP contribution in [0.3, 0.4) is 0 Å². The fraction of sp³-hybridized carbons (Fsp3) is 1.00. The van der Waals surface area contributed by atoms with Crippen LogP contribution in [0.4, 0.5) is 0 Å². The molecule has 0 saturated carbocycles. The van der Waals surface area contributed by atoms with Gasteiger partial charge in [0.15, 0.2) is 0 Å². The number of alkyl halides is 4. The van der Waals surface area contributed by atoms with E-state index in [4.69, 9.17) is 4.31 Å². The van der Waals surface area contributed by atoms with E-state index in [1.54, 1.807) is 0 Å². The van der Waals surface area contributed by atoms with E-state index in [0.717, 1.165) is 0 Å². The fourth-order valence-electron chi connectivity index (χ4n) is 1.15. The molecule has 0 aromatic rings. The van der Waals surface area contributed by atoms with E-state index in [1.807, 2.05) is 0 Å². The summed E-state index contributed by atoms with van der Waals surface area (Å²) in [5.41, 5.74) is 0. The first-order chi connectivity index (χ1) is 9.95. The zero-order valence-corrected chi connectivity index (χ0v) is 19.4. The van der Waals surface area contributed by atoms with Gasteiger partial charge < -0.3 is 0 Å². The highest BCUT2D eigenvalue weighted by molar-refractivity contribution is 9.09. The SMILES string of the molecule is O=P(NCCBr)(NCCBr)OP(=O)(NCCBr)NCCBr. The van der Waals surface area contributed by atoms with Gasteiger partial charge in [0, 0.05) is 47.5 Å². The molecule has 0 aromatic heterocycles. The lowest BCUT2D eigenvalue weighted by molar-refractivity contribution is 0.421. The molecule has 0 atom stereocenters. The molecule has 4 N–H and O–H groups in total. The molecule has 0 aliphatic carbocycles. The maximum absolute atomic E-state index is 12.7. The summed E-state index contributed by atoms with van der Waals surface area (Å²) in [5.74, 6) is 0. The van der Waals surface area contributed by atoms with Crippen LogP contribution in [-0.2, 0) is 13.4 Å². The molecule has 13 heteroatoms. The minimum atomic E-state index is -3.43. The Hall–Kier alpha value is 2.18. The lowest BCUT2D eigenvalue weighted by Crippen LogP contribution is -2.32. The van der Waals surface area contributed by atoms with E-state index in [1.165, 1.54) is 0 Å². The van der Waals surface area contributed by atoms with Crippen molar-refractivity contribution in [3.05, 3.63) is 0 Å². The third-order valence-corrected chi connectivity index (χ3v) is 7.87. The predicted octanol–water partition coefficient (Wildman–Crippen LogP) is 3.16. The lowest BCUT2D eigenvalue weighted by Gasteiger charge is -2.26. The zero-order chi connectivity index (χ0) is 16.2. The number of hydrogen-bond acceptors (Lipinski definition) is 3. The summed E-state index contributed by atoms with van der Waals surface area (Å²) in [4.78, 5) is 0. The Labute approximate surface area is 159 Å². The first-order valence-electron chi connectivity index (χ1n) is 6.11. The van der Waals surface area contributed by atoms with Crippen molar-refractivity contribution >= 4 is 79.1 Å². The van der Waals surface area contributed by atoms with Crippen molar-refractivity contribution in [3.8, 4) is 0 Å². The van der Waals surface area contributed by atoms with E-state index in [0.29, 0.717) is 47.5 Å². The first-order valence-corrected chi connectivity index (χ1v) is 13.8. The van der Waals surface area contributed by atoms with Crippen molar-refractivity contribution < 1.29 is 13.4 Å². The predicted molar refractivity (Wildman–Crippen MR) is 103 cm³/mol. The fourth-order valence-corrected chi connectivity index (χ4v) is 7.23. The van der Waals surface area contributed by atoms with Crippen molar-refractivity contribution in [3.63, 3.8) is 0 Å². The van der Waals surface area contributed by atoms with Gasteiger partial charge >= 0.3 is 15.3 Å². The van der Waals surface area contributed by atoms with Gasteiger partial charge in [-0.2, -0.15) is 0 Å². The molecule has 0 amide bonds. The zero-order valence-electron chi connectivity index (χ0n) is 11.3. The Balaban J connectivity index is 4.90. The van der Waals surface area contributed by atoms with E-state index in [9.17, 15) is 9.13 Å². The monoisotopic (exact) mass is 598 g/mol. The number of halogens is 4. The molecule has 128 valence electrons. The number of nitrogens with one attached hydrogen (secondary N) is 4. The summed E-state index contributed by atoms with van der Waals surface area (Å²) in [6.45, 7) is 1.68. The van der Waals surface area contributed by atoms with Crippen molar-refractivity contribution in [1.82, 2.24) is 20.3 Å². The molecular formula is C8H20Br4N4O3P2. The van der Waals surface area contributed by atoms with Gasteiger partial charge in [0.1, 0.15) is 0 Å². The van der Waals surface area contributed by atoms with Crippen LogP contribution >= 0.6 is 79.1 Å². The smallest absolute Gasteiger partial charge is 0.256 e. The summed E-state index contributed by atoms with van der Waals surface area (Å²) in [7, 11) is -6.87. The normalized spacial score (nSPS) is 12.8. The van der Waals surface area contributed by atoms with Crippen molar-refractivity contribution in [2.75, 3.05) is 47.5 Å². The van der Waals surface area contributed by atoms with E-state index >= 15 is 0 Å². The molecule has 0 radical (unpaired) electrons. The second kappa shape index (κ2) is 13.5.